The van der Waals surface area contributed by atoms with Gasteiger partial charge < -0.3 is 25.2 Å². The molecule has 0 saturated carbocycles. The van der Waals surface area contributed by atoms with E-state index in [0.717, 1.165) is 0 Å². The zero-order valence-corrected chi connectivity index (χ0v) is 7.21. The van der Waals surface area contributed by atoms with Crippen LogP contribution in [-0.4, -0.2) is 51.6 Å². The number of aliphatic hydroxyl groups excluding tert-OH is 3. The minimum absolute atomic E-state index is 0.352. The van der Waals surface area contributed by atoms with Gasteiger partial charge in [0.15, 0.2) is 6.29 Å². The number of hydrogen-bond donors (Lipinski definition) is 4. The lowest BCUT2D eigenvalue weighted by Crippen LogP contribution is -2.37. The molecule has 0 aliphatic carbocycles. The molecule has 0 bridgehead atoms. The highest BCUT2D eigenvalue weighted by Gasteiger charge is 2.20. The van der Waals surface area contributed by atoms with E-state index < -0.39 is 24.6 Å². The number of hydrogen-bond acceptors (Lipinski definition) is 5. The van der Waals surface area contributed by atoms with Gasteiger partial charge in [0.05, 0.1) is 12.7 Å². The zero-order chi connectivity index (χ0) is 9.72. The van der Waals surface area contributed by atoms with E-state index in [4.69, 9.17) is 25.2 Å². The van der Waals surface area contributed by atoms with Crippen LogP contribution in [-0.2, 0) is 4.74 Å². The van der Waals surface area contributed by atoms with Crippen LogP contribution in [0.1, 0.15) is 13.8 Å². The summed E-state index contributed by atoms with van der Waals surface area (Å²) in [5.74, 6) is 0. The topological polar surface area (TPSA) is 90.2 Å². The lowest BCUT2D eigenvalue weighted by Gasteiger charge is -2.23. The smallest absolute Gasteiger partial charge is 0.178 e. The summed E-state index contributed by atoms with van der Waals surface area (Å²) in [6.45, 7) is 2.54. The first-order chi connectivity index (χ1) is 5.49. The fourth-order valence-electron chi connectivity index (χ4n) is 0.655. The molecule has 0 radical (unpaired) electrons. The Balaban J connectivity index is 3.85. The van der Waals surface area contributed by atoms with E-state index in [0.29, 0.717) is 0 Å². The summed E-state index contributed by atoms with van der Waals surface area (Å²) in [5, 5.41) is 34.9. The maximum Gasteiger partial charge on any atom is 0.178 e. The summed E-state index contributed by atoms with van der Waals surface area (Å²) < 4.78 is 4.92. The molecule has 0 amide bonds. The lowest BCUT2D eigenvalue weighted by atomic mass is 10.2. The maximum absolute atomic E-state index is 8.99. The number of ether oxygens (including phenoxy) is 1. The molecule has 0 aliphatic heterocycles. The summed E-state index contributed by atoms with van der Waals surface area (Å²) >= 11 is 0. The second kappa shape index (κ2) is 5.45. The third kappa shape index (κ3) is 3.99. The molecule has 0 fully saturated rings. The largest absolute Gasteiger partial charge is 0.394 e. The molecule has 5 heteroatoms. The highest BCUT2D eigenvalue weighted by Crippen LogP contribution is 2.04. The minimum atomic E-state index is -1.60. The molecule has 4 N–H and O–H groups in total. The van der Waals surface area contributed by atoms with E-state index >= 15 is 0 Å². The van der Waals surface area contributed by atoms with Crippen molar-refractivity contribution in [3.8, 4) is 0 Å². The second-order valence-corrected chi connectivity index (χ2v) is 2.72. The number of aliphatic hydroxyl groups is 4. The molecule has 12 heavy (non-hydrogen) atoms. The van der Waals surface area contributed by atoms with E-state index in [2.05, 4.69) is 0 Å². The van der Waals surface area contributed by atoms with Crippen molar-refractivity contribution in [3.63, 3.8) is 0 Å². The Morgan fingerprint density at radius 1 is 1.17 bits per heavy atom. The minimum Gasteiger partial charge on any atom is -0.394 e. The molecule has 5 nitrogen and oxygen atoms in total. The van der Waals surface area contributed by atoms with Crippen molar-refractivity contribution in [2.75, 3.05) is 6.61 Å². The fourth-order valence-corrected chi connectivity index (χ4v) is 0.655. The summed E-state index contributed by atoms with van der Waals surface area (Å²) in [6.07, 6.45) is -4.03. The van der Waals surface area contributed by atoms with Crippen molar-refractivity contribution in [1.82, 2.24) is 0 Å². The second-order valence-electron chi connectivity index (χ2n) is 2.72. The first-order valence-electron chi connectivity index (χ1n) is 3.79. The monoisotopic (exact) mass is 180 g/mol. The van der Waals surface area contributed by atoms with Crippen molar-refractivity contribution in [1.29, 1.82) is 0 Å². The van der Waals surface area contributed by atoms with Crippen LogP contribution in [0.3, 0.4) is 0 Å². The molecular weight excluding hydrogens is 164 g/mol. The van der Waals surface area contributed by atoms with Gasteiger partial charge in [-0.2, -0.15) is 0 Å². The van der Waals surface area contributed by atoms with Crippen LogP contribution >= 0.6 is 0 Å². The highest BCUT2D eigenvalue weighted by atomic mass is 16.6. The van der Waals surface area contributed by atoms with Gasteiger partial charge in [0.1, 0.15) is 12.2 Å². The van der Waals surface area contributed by atoms with E-state index in [1.165, 1.54) is 13.8 Å². The van der Waals surface area contributed by atoms with Crippen LogP contribution in [0.5, 0.6) is 0 Å². The summed E-state index contributed by atoms with van der Waals surface area (Å²) in [5.41, 5.74) is 0. The van der Waals surface area contributed by atoms with Gasteiger partial charge in [0.2, 0.25) is 0 Å². The Morgan fingerprint density at radius 3 is 1.92 bits per heavy atom. The summed E-state index contributed by atoms with van der Waals surface area (Å²) in [7, 11) is 0. The number of rotatable bonds is 5. The predicted octanol–water partition coefficient (Wildman–Crippen LogP) is -1.56. The molecule has 0 spiro atoms. The average molecular weight is 180 g/mol. The first-order valence-corrected chi connectivity index (χ1v) is 3.79. The Kier molecular flexibility index (Phi) is 5.36. The Morgan fingerprint density at radius 2 is 1.67 bits per heavy atom. The van der Waals surface area contributed by atoms with Crippen LogP contribution in [0.15, 0.2) is 0 Å². The van der Waals surface area contributed by atoms with Gasteiger partial charge in [-0.1, -0.05) is 0 Å². The van der Waals surface area contributed by atoms with Crippen molar-refractivity contribution < 1.29 is 25.2 Å². The van der Waals surface area contributed by atoms with E-state index in [9.17, 15) is 0 Å². The Hall–Kier alpha value is -0.200. The van der Waals surface area contributed by atoms with Gasteiger partial charge in [-0.25, -0.2) is 0 Å². The van der Waals surface area contributed by atoms with Crippen LogP contribution < -0.4 is 0 Å². The zero-order valence-electron chi connectivity index (χ0n) is 7.21. The van der Waals surface area contributed by atoms with Crippen LogP contribution in [0.4, 0.5) is 0 Å². The van der Waals surface area contributed by atoms with Crippen LogP contribution in [0.2, 0.25) is 0 Å². The van der Waals surface area contributed by atoms with Crippen molar-refractivity contribution in [2.45, 2.75) is 38.4 Å². The molecule has 74 valence electrons. The molecule has 0 aliphatic rings. The molecule has 0 aromatic rings. The molecule has 0 aromatic heterocycles. The SMILES string of the molecule is CC(O)C(CO)O[C@H](C)C(O)O. The molecular formula is C7H16O5. The van der Waals surface area contributed by atoms with E-state index in [1.54, 1.807) is 0 Å². The van der Waals surface area contributed by atoms with Gasteiger partial charge in [-0.3, -0.25) is 0 Å². The maximum atomic E-state index is 8.99. The third-order valence-electron chi connectivity index (χ3n) is 1.53. The Labute approximate surface area is 71.2 Å². The normalized spacial score (nSPS) is 19.2. The lowest BCUT2D eigenvalue weighted by molar-refractivity contribution is -0.178. The van der Waals surface area contributed by atoms with Crippen molar-refractivity contribution in [2.24, 2.45) is 0 Å². The van der Waals surface area contributed by atoms with Crippen molar-refractivity contribution >= 4 is 0 Å². The standard InChI is InChI=1S/C7H16O5/c1-4(9)6(3-8)12-5(2)7(10)11/h4-11H,3H2,1-2H3/t4?,5-,6?/m1/s1. The van der Waals surface area contributed by atoms with E-state index in [1.807, 2.05) is 0 Å². The van der Waals surface area contributed by atoms with Crippen molar-refractivity contribution in [3.05, 3.63) is 0 Å². The predicted molar refractivity (Wildman–Crippen MR) is 41.3 cm³/mol. The van der Waals surface area contributed by atoms with Gasteiger partial charge in [-0.15, -0.1) is 0 Å². The molecule has 0 saturated heterocycles. The van der Waals surface area contributed by atoms with Gasteiger partial charge in [0, 0.05) is 0 Å². The first kappa shape index (κ1) is 11.8. The van der Waals surface area contributed by atoms with Gasteiger partial charge in [0.25, 0.3) is 0 Å². The molecule has 0 aromatic carbocycles. The molecule has 2 unspecified atom stereocenters. The average Bonchev–Trinajstić information content (AvgIpc) is 1.98. The molecule has 3 atom stereocenters. The van der Waals surface area contributed by atoms with E-state index in [-0.39, 0.29) is 6.61 Å². The molecule has 0 rings (SSSR count). The molecule has 0 heterocycles. The van der Waals surface area contributed by atoms with Gasteiger partial charge in [-0.05, 0) is 13.8 Å². The van der Waals surface area contributed by atoms with Gasteiger partial charge >= 0.3 is 0 Å². The summed E-state index contributed by atoms with van der Waals surface area (Å²) in [6, 6.07) is 0. The quantitative estimate of drug-likeness (QED) is 0.384. The third-order valence-corrected chi connectivity index (χ3v) is 1.53. The Bertz CT molecular complexity index is 114. The summed E-state index contributed by atoms with van der Waals surface area (Å²) in [4.78, 5) is 0. The highest BCUT2D eigenvalue weighted by molar-refractivity contribution is 4.65. The van der Waals surface area contributed by atoms with Crippen LogP contribution in [0, 0.1) is 0 Å². The fraction of sp³-hybridized carbons (Fsp3) is 1.00. The van der Waals surface area contributed by atoms with Crippen LogP contribution in [0.25, 0.3) is 0 Å².